The van der Waals surface area contributed by atoms with Crippen LogP contribution < -0.4 is 19.6 Å². The van der Waals surface area contributed by atoms with Crippen LogP contribution >= 0.6 is 0 Å². The largest absolute Gasteiger partial charge is 0.497 e. The van der Waals surface area contributed by atoms with E-state index in [1.165, 1.54) is 37.6 Å². The van der Waals surface area contributed by atoms with Crippen molar-refractivity contribution in [2.75, 3.05) is 20.8 Å². The van der Waals surface area contributed by atoms with Gasteiger partial charge in [-0.2, -0.15) is 5.10 Å². The summed E-state index contributed by atoms with van der Waals surface area (Å²) in [4.78, 5) is 21.9. The van der Waals surface area contributed by atoms with Crippen LogP contribution in [0.5, 0.6) is 17.2 Å². The van der Waals surface area contributed by atoms with Gasteiger partial charge in [-0.15, -0.1) is 0 Å². The van der Waals surface area contributed by atoms with Gasteiger partial charge >= 0.3 is 0 Å². The number of hydrazone groups is 1. The number of rotatable bonds is 8. The van der Waals surface area contributed by atoms with Crippen LogP contribution in [-0.2, 0) is 4.79 Å². The molecule has 0 radical (unpaired) electrons. The highest BCUT2D eigenvalue weighted by Gasteiger charge is 2.08. The van der Waals surface area contributed by atoms with Gasteiger partial charge in [0.05, 0.1) is 31.4 Å². The van der Waals surface area contributed by atoms with Crippen molar-refractivity contribution in [2.45, 2.75) is 0 Å². The van der Waals surface area contributed by atoms with E-state index in [1.807, 2.05) is 0 Å². The number of hydrogen-bond donors (Lipinski definition) is 1. The summed E-state index contributed by atoms with van der Waals surface area (Å²) in [5.74, 6) is 0.874. The van der Waals surface area contributed by atoms with Gasteiger partial charge < -0.3 is 14.2 Å². The van der Waals surface area contributed by atoms with Gasteiger partial charge in [-0.25, -0.2) is 5.43 Å². The molecule has 0 atom stereocenters. The molecule has 0 aromatic heterocycles. The Morgan fingerprint density at radius 3 is 2.69 bits per heavy atom. The lowest BCUT2D eigenvalue weighted by Crippen LogP contribution is -2.24. The van der Waals surface area contributed by atoms with Gasteiger partial charge in [0.25, 0.3) is 11.6 Å². The third-order valence-electron chi connectivity index (χ3n) is 3.23. The molecule has 0 unspecified atom stereocenters. The number of benzene rings is 2. The minimum Gasteiger partial charge on any atom is -0.497 e. The number of carbonyl (C=O) groups is 1. The number of amides is 1. The Balaban J connectivity index is 1.90. The maximum absolute atomic E-state index is 11.7. The van der Waals surface area contributed by atoms with E-state index < -0.39 is 10.8 Å². The van der Waals surface area contributed by atoms with E-state index in [0.717, 1.165) is 0 Å². The molecule has 2 aromatic carbocycles. The summed E-state index contributed by atoms with van der Waals surface area (Å²) < 4.78 is 15.5. The van der Waals surface area contributed by atoms with Crippen LogP contribution in [0.25, 0.3) is 0 Å². The van der Waals surface area contributed by atoms with Crippen molar-refractivity contribution in [1.29, 1.82) is 0 Å². The highest BCUT2D eigenvalue weighted by atomic mass is 16.6. The fourth-order valence-electron chi connectivity index (χ4n) is 1.97. The number of nitro benzene ring substituents is 1. The maximum atomic E-state index is 11.7. The summed E-state index contributed by atoms with van der Waals surface area (Å²) in [6, 6.07) is 10.7. The first kappa shape index (κ1) is 18.7. The molecule has 26 heavy (non-hydrogen) atoms. The van der Waals surface area contributed by atoms with Gasteiger partial charge in [-0.3, -0.25) is 14.9 Å². The number of ether oxygens (including phenoxy) is 3. The topological polar surface area (TPSA) is 112 Å². The summed E-state index contributed by atoms with van der Waals surface area (Å²) >= 11 is 0. The molecule has 0 aliphatic rings. The predicted molar refractivity (Wildman–Crippen MR) is 93.9 cm³/mol. The zero-order valence-electron chi connectivity index (χ0n) is 14.2. The molecule has 1 amide bonds. The summed E-state index contributed by atoms with van der Waals surface area (Å²) in [6.45, 7) is -0.335. The number of non-ortho nitro benzene ring substituents is 1. The van der Waals surface area contributed by atoms with E-state index >= 15 is 0 Å². The van der Waals surface area contributed by atoms with Crippen LogP contribution in [0, 0.1) is 10.1 Å². The summed E-state index contributed by atoms with van der Waals surface area (Å²) in [5, 5.41) is 14.5. The standard InChI is InChI=1S/C17H17N3O6/c1-24-14-7-6-12(16(9-14)25-2)10-18-19-17(21)11-26-15-5-3-4-13(8-15)20(22)23/h3-10H,11H2,1-2H3,(H,19,21)/b18-10+. The van der Waals surface area contributed by atoms with Crippen LogP contribution in [0.4, 0.5) is 5.69 Å². The molecular formula is C17H17N3O6. The fraction of sp³-hybridized carbons (Fsp3) is 0.176. The number of carbonyl (C=O) groups excluding carboxylic acids is 1. The van der Waals surface area contributed by atoms with E-state index in [4.69, 9.17) is 14.2 Å². The van der Waals surface area contributed by atoms with Gasteiger partial charge in [-0.05, 0) is 18.2 Å². The lowest BCUT2D eigenvalue weighted by molar-refractivity contribution is -0.384. The maximum Gasteiger partial charge on any atom is 0.277 e. The first-order valence-electron chi connectivity index (χ1n) is 7.44. The van der Waals surface area contributed by atoms with Crippen molar-refractivity contribution in [1.82, 2.24) is 5.43 Å². The lowest BCUT2D eigenvalue weighted by atomic mass is 10.2. The van der Waals surface area contributed by atoms with E-state index in [2.05, 4.69) is 10.5 Å². The molecule has 0 aliphatic heterocycles. The van der Waals surface area contributed by atoms with Gasteiger partial charge in [0.2, 0.25) is 0 Å². The first-order valence-corrected chi connectivity index (χ1v) is 7.44. The van der Waals surface area contributed by atoms with Crippen molar-refractivity contribution >= 4 is 17.8 Å². The second-order valence-electron chi connectivity index (χ2n) is 4.94. The van der Waals surface area contributed by atoms with Crippen LogP contribution in [0.3, 0.4) is 0 Å². The Bertz CT molecular complexity index is 822. The quantitative estimate of drug-likeness (QED) is 0.439. The average Bonchev–Trinajstić information content (AvgIpc) is 2.66. The minimum atomic E-state index is -0.542. The summed E-state index contributed by atoms with van der Waals surface area (Å²) in [5.41, 5.74) is 2.83. The van der Waals surface area contributed by atoms with Crippen molar-refractivity contribution in [3.8, 4) is 17.2 Å². The molecule has 0 bridgehead atoms. The molecule has 0 heterocycles. The highest BCUT2D eigenvalue weighted by molar-refractivity contribution is 5.85. The van der Waals surface area contributed by atoms with E-state index in [9.17, 15) is 14.9 Å². The van der Waals surface area contributed by atoms with Crippen molar-refractivity contribution in [3.63, 3.8) is 0 Å². The molecule has 1 N–H and O–H groups in total. The van der Waals surface area contributed by atoms with E-state index in [-0.39, 0.29) is 18.0 Å². The van der Waals surface area contributed by atoms with Crippen molar-refractivity contribution < 1.29 is 23.9 Å². The normalized spacial score (nSPS) is 10.4. The Labute approximate surface area is 149 Å². The number of methoxy groups -OCH3 is 2. The Hall–Kier alpha value is -3.62. The van der Waals surface area contributed by atoms with Crippen LogP contribution in [0.2, 0.25) is 0 Å². The number of hydrogen-bond acceptors (Lipinski definition) is 7. The number of nitrogens with zero attached hydrogens (tertiary/aromatic N) is 2. The molecule has 9 nitrogen and oxygen atoms in total. The third-order valence-corrected chi connectivity index (χ3v) is 3.23. The highest BCUT2D eigenvalue weighted by Crippen LogP contribution is 2.23. The second kappa shape index (κ2) is 9.02. The monoisotopic (exact) mass is 359 g/mol. The summed E-state index contributed by atoms with van der Waals surface area (Å²) in [7, 11) is 3.06. The molecule has 136 valence electrons. The lowest BCUT2D eigenvalue weighted by Gasteiger charge is -2.07. The molecule has 0 saturated carbocycles. The molecule has 2 rings (SSSR count). The number of nitrogens with one attached hydrogen (secondary N) is 1. The smallest absolute Gasteiger partial charge is 0.277 e. The van der Waals surface area contributed by atoms with Crippen LogP contribution in [-0.4, -0.2) is 37.9 Å². The molecule has 2 aromatic rings. The Morgan fingerprint density at radius 1 is 1.19 bits per heavy atom. The molecule has 0 spiro atoms. The predicted octanol–water partition coefficient (Wildman–Crippen LogP) is 2.14. The molecule has 0 fully saturated rings. The second-order valence-corrected chi connectivity index (χ2v) is 4.94. The molecule has 0 aliphatic carbocycles. The third kappa shape index (κ3) is 5.20. The average molecular weight is 359 g/mol. The van der Waals surface area contributed by atoms with E-state index in [0.29, 0.717) is 17.1 Å². The SMILES string of the molecule is COc1ccc(/C=N/NC(=O)COc2cccc([N+](=O)[O-])c2)c(OC)c1. The van der Waals surface area contributed by atoms with Crippen LogP contribution in [0.15, 0.2) is 47.6 Å². The fourth-order valence-corrected chi connectivity index (χ4v) is 1.97. The van der Waals surface area contributed by atoms with Crippen LogP contribution in [0.1, 0.15) is 5.56 Å². The van der Waals surface area contributed by atoms with Gasteiger partial charge in [0.1, 0.15) is 17.2 Å². The Morgan fingerprint density at radius 2 is 2.00 bits per heavy atom. The summed E-state index contributed by atoms with van der Waals surface area (Å²) in [6.07, 6.45) is 1.42. The zero-order chi connectivity index (χ0) is 18.9. The molecular weight excluding hydrogens is 342 g/mol. The van der Waals surface area contributed by atoms with E-state index in [1.54, 1.807) is 25.3 Å². The van der Waals surface area contributed by atoms with Crippen molar-refractivity contribution in [2.24, 2.45) is 5.10 Å². The number of nitro groups is 1. The van der Waals surface area contributed by atoms with Gasteiger partial charge in [-0.1, -0.05) is 6.07 Å². The Kier molecular flexibility index (Phi) is 6.49. The van der Waals surface area contributed by atoms with Gasteiger partial charge in [0, 0.05) is 17.7 Å². The molecule has 0 saturated heterocycles. The van der Waals surface area contributed by atoms with Gasteiger partial charge in [0.15, 0.2) is 6.61 Å². The van der Waals surface area contributed by atoms with Crippen molar-refractivity contribution in [3.05, 3.63) is 58.1 Å². The molecule has 9 heteroatoms. The first-order chi connectivity index (χ1) is 12.5. The minimum absolute atomic E-state index is 0.118. The zero-order valence-corrected chi connectivity index (χ0v) is 14.2.